The van der Waals surface area contributed by atoms with Crippen molar-refractivity contribution in [1.29, 1.82) is 0 Å². The summed E-state index contributed by atoms with van der Waals surface area (Å²) in [6.07, 6.45) is -4.14. The van der Waals surface area contributed by atoms with E-state index in [4.69, 9.17) is 0 Å². The smallest absolute Gasteiger partial charge is 0.416 e. The molecule has 244 valence electrons. The van der Waals surface area contributed by atoms with Gasteiger partial charge in [-0.25, -0.2) is 8.78 Å². The Morgan fingerprint density at radius 1 is 1.00 bits per heavy atom. The summed E-state index contributed by atoms with van der Waals surface area (Å²) in [5.41, 5.74) is -0.0567. The molecule has 1 heterocycles. The molecule has 0 bridgehead atoms. The van der Waals surface area contributed by atoms with E-state index in [1.54, 1.807) is 45.8 Å². The number of alkyl halides is 3. The maximum atomic E-state index is 15.6. The molecule has 0 saturated carbocycles. The molecule has 0 fully saturated rings. The average Bonchev–Trinajstić information content (AvgIpc) is 2.91. The number of carbonyl (C=O) groups excluding carboxylic acids is 1. The van der Waals surface area contributed by atoms with Crippen LogP contribution in [0, 0.1) is 32.4 Å². The fourth-order valence-electron chi connectivity index (χ4n) is 5.55. The van der Waals surface area contributed by atoms with Crippen LogP contribution in [-0.2, 0) is 22.2 Å². The number of hydrogen-bond donors (Lipinski definition) is 2. The van der Waals surface area contributed by atoms with Crippen molar-refractivity contribution in [2.75, 3.05) is 20.6 Å². The number of benzene rings is 2. The first-order valence-corrected chi connectivity index (χ1v) is 14.5. The summed E-state index contributed by atoms with van der Waals surface area (Å²) >= 11 is 0. The Morgan fingerprint density at radius 3 is 2.16 bits per heavy atom. The standard InChI is InChI=1S/C33H38F5N3O4/c1-7-8-27(41-17-21(9-10-40(5)6)25(15-28(41)42)33(36,37)38)32(45)39-26(16-29(43)44)24-14-22(11-20(4)31(24)35)30-18(2)12-23(34)13-19(30)3/h11-15,17,26-27H,7-10,16H2,1-6H3,(H,39,45)(H,43,44)/t26-,27?/m0/s1. The van der Waals surface area contributed by atoms with Crippen LogP contribution in [0.25, 0.3) is 11.1 Å². The Balaban J connectivity index is 2.12. The van der Waals surface area contributed by atoms with E-state index in [-0.39, 0.29) is 36.1 Å². The topological polar surface area (TPSA) is 91.6 Å². The first-order chi connectivity index (χ1) is 20.9. The van der Waals surface area contributed by atoms with Gasteiger partial charge >= 0.3 is 12.1 Å². The van der Waals surface area contributed by atoms with Crippen molar-refractivity contribution >= 4 is 11.9 Å². The number of aryl methyl sites for hydroxylation is 3. The summed E-state index contributed by atoms with van der Waals surface area (Å²) in [5, 5.41) is 12.3. The van der Waals surface area contributed by atoms with Crippen LogP contribution in [0.3, 0.4) is 0 Å². The van der Waals surface area contributed by atoms with Gasteiger partial charge in [0.15, 0.2) is 0 Å². The quantitative estimate of drug-likeness (QED) is 0.221. The number of carbonyl (C=O) groups is 2. The summed E-state index contributed by atoms with van der Waals surface area (Å²) in [6.45, 7) is 6.81. The van der Waals surface area contributed by atoms with Crippen LogP contribution in [0.1, 0.15) is 71.7 Å². The number of pyridine rings is 1. The van der Waals surface area contributed by atoms with E-state index in [0.29, 0.717) is 34.7 Å². The van der Waals surface area contributed by atoms with Crippen LogP contribution >= 0.6 is 0 Å². The largest absolute Gasteiger partial charge is 0.481 e. The van der Waals surface area contributed by atoms with Gasteiger partial charge in [0, 0.05) is 24.4 Å². The van der Waals surface area contributed by atoms with Crippen LogP contribution in [-0.4, -0.2) is 47.1 Å². The predicted molar refractivity (Wildman–Crippen MR) is 161 cm³/mol. The lowest BCUT2D eigenvalue weighted by atomic mass is 9.90. The van der Waals surface area contributed by atoms with E-state index in [2.05, 4.69) is 5.32 Å². The summed E-state index contributed by atoms with van der Waals surface area (Å²) in [5.74, 6) is -3.40. The van der Waals surface area contributed by atoms with Gasteiger partial charge in [0.1, 0.15) is 17.7 Å². The van der Waals surface area contributed by atoms with E-state index in [1.807, 2.05) is 0 Å². The van der Waals surface area contributed by atoms with Crippen molar-refractivity contribution in [2.24, 2.45) is 0 Å². The predicted octanol–water partition coefficient (Wildman–Crippen LogP) is 6.52. The molecule has 0 aliphatic rings. The highest BCUT2D eigenvalue weighted by Crippen LogP contribution is 2.35. The van der Waals surface area contributed by atoms with Crippen molar-refractivity contribution in [3.05, 3.63) is 91.9 Å². The lowest BCUT2D eigenvalue weighted by molar-refractivity contribution is -0.139. The molecule has 0 saturated heterocycles. The van der Waals surface area contributed by atoms with E-state index in [1.165, 1.54) is 25.1 Å². The third-order valence-electron chi connectivity index (χ3n) is 7.64. The van der Waals surface area contributed by atoms with E-state index < -0.39 is 59.3 Å². The van der Waals surface area contributed by atoms with Crippen molar-refractivity contribution in [3.63, 3.8) is 0 Å². The third kappa shape index (κ3) is 8.56. The van der Waals surface area contributed by atoms with Crippen molar-refractivity contribution in [2.45, 2.75) is 71.6 Å². The number of carboxylic acids is 1. The second-order valence-electron chi connectivity index (χ2n) is 11.6. The molecule has 1 unspecified atom stereocenters. The van der Waals surface area contributed by atoms with E-state index in [9.17, 15) is 37.1 Å². The van der Waals surface area contributed by atoms with Gasteiger partial charge in [-0.3, -0.25) is 14.4 Å². The highest BCUT2D eigenvalue weighted by molar-refractivity contribution is 5.82. The van der Waals surface area contributed by atoms with Crippen LogP contribution in [0.5, 0.6) is 0 Å². The fraction of sp³-hybridized carbons (Fsp3) is 0.424. The number of rotatable bonds is 12. The summed E-state index contributed by atoms with van der Waals surface area (Å²) in [4.78, 5) is 40.3. The first-order valence-electron chi connectivity index (χ1n) is 14.5. The zero-order chi connectivity index (χ0) is 33.8. The Kier molecular flexibility index (Phi) is 11.3. The van der Waals surface area contributed by atoms with Gasteiger partial charge < -0.3 is 19.9 Å². The van der Waals surface area contributed by atoms with E-state index >= 15 is 4.39 Å². The molecular weight excluding hydrogens is 597 g/mol. The Bertz CT molecular complexity index is 1610. The van der Waals surface area contributed by atoms with Crippen molar-refractivity contribution in [1.82, 2.24) is 14.8 Å². The van der Waals surface area contributed by atoms with Gasteiger partial charge in [0.2, 0.25) is 5.91 Å². The number of halogens is 5. The van der Waals surface area contributed by atoms with Crippen molar-refractivity contribution in [3.8, 4) is 11.1 Å². The SMILES string of the molecule is CCCC(C(=O)N[C@@H](CC(=O)O)c1cc(-c2c(C)cc(F)cc2C)cc(C)c1F)n1cc(CCN(C)C)c(C(F)(F)F)cc1=O. The van der Waals surface area contributed by atoms with E-state index in [0.717, 1.165) is 10.8 Å². The molecule has 0 spiro atoms. The molecule has 2 aromatic carbocycles. The minimum absolute atomic E-state index is 0.0412. The molecule has 2 atom stereocenters. The summed E-state index contributed by atoms with van der Waals surface area (Å²) < 4.78 is 72.0. The van der Waals surface area contributed by atoms with Crippen LogP contribution in [0.4, 0.5) is 22.0 Å². The van der Waals surface area contributed by atoms with Gasteiger partial charge in [0.25, 0.3) is 5.56 Å². The molecule has 45 heavy (non-hydrogen) atoms. The number of aromatic nitrogens is 1. The lowest BCUT2D eigenvalue weighted by Gasteiger charge is -2.26. The molecule has 2 N–H and O–H groups in total. The molecular formula is C33H38F5N3O4. The van der Waals surface area contributed by atoms with Gasteiger partial charge in [-0.05, 0) is 105 Å². The first kappa shape index (κ1) is 35.4. The van der Waals surface area contributed by atoms with Crippen LogP contribution < -0.4 is 10.9 Å². The summed E-state index contributed by atoms with van der Waals surface area (Å²) in [6, 6.07) is 3.36. The minimum atomic E-state index is -4.80. The third-order valence-corrected chi connectivity index (χ3v) is 7.64. The molecule has 0 aliphatic heterocycles. The molecule has 0 aliphatic carbocycles. The highest BCUT2D eigenvalue weighted by Gasteiger charge is 2.35. The van der Waals surface area contributed by atoms with Crippen LogP contribution in [0.15, 0.2) is 41.3 Å². The molecule has 3 rings (SSSR count). The molecule has 0 radical (unpaired) electrons. The average molecular weight is 636 g/mol. The molecule has 1 amide bonds. The van der Waals surface area contributed by atoms with Crippen molar-refractivity contribution < 1.29 is 36.6 Å². The maximum Gasteiger partial charge on any atom is 0.416 e. The number of amides is 1. The zero-order valence-corrected chi connectivity index (χ0v) is 26.1. The molecule has 1 aromatic heterocycles. The maximum absolute atomic E-state index is 15.6. The molecule has 3 aromatic rings. The number of nitrogens with one attached hydrogen (secondary N) is 1. The molecule has 7 nitrogen and oxygen atoms in total. The normalized spacial score (nSPS) is 13.2. The number of hydrogen-bond acceptors (Lipinski definition) is 4. The fourth-order valence-corrected chi connectivity index (χ4v) is 5.55. The minimum Gasteiger partial charge on any atom is -0.481 e. The number of nitrogens with zero attached hydrogens (tertiary/aromatic N) is 2. The highest BCUT2D eigenvalue weighted by atomic mass is 19.4. The zero-order valence-electron chi connectivity index (χ0n) is 26.1. The second-order valence-corrected chi connectivity index (χ2v) is 11.6. The number of carboxylic acid groups (broad SMARTS) is 1. The van der Waals surface area contributed by atoms with Gasteiger partial charge in [-0.15, -0.1) is 0 Å². The lowest BCUT2D eigenvalue weighted by Crippen LogP contribution is -2.40. The monoisotopic (exact) mass is 635 g/mol. The Labute approximate surface area is 258 Å². The summed E-state index contributed by atoms with van der Waals surface area (Å²) in [7, 11) is 3.38. The van der Waals surface area contributed by atoms with Gasteiger partial charge in [0.05, 0.1) is 18.0 Å². The van der Waals surface area contributed by atoms with Crippen LogP contribution in [0.2, 0.25) is 0 Å². The number of aliphatic carboxylic acids is 1. The molecule has 12 heteroatoms. The second kappa shape index (κ2) is 14.4. The van der Waals surface area contributed by atoms with Gasteiger partial charge in [-0.1, -0.05) is 13.3 Å². The van der Waals surface area contributed by atoms with Gasteiger partial charge in [-0.2, -0.15) is 13.2 Å². The number of likely N-dealkylation sites (N-methyl/N-ethyl adjacent to an activating group) is 1. The Morgan fingerprint density at radius 2 is 1.62 bits per heavy atom. The Hall–Kier alpha value is -4.06.